The highest BCUT2D eigenvalue weighted by molar-refractivity contribution is 5.77. The number of amides is 1. The molecular formula is C14H18N2O2. The SMILES string of the molecule is COc1ccc(CCNC(=O)CC#N)c(C)c1C. The molecule has 0 atom stereocenters. The van der Waals surface area contributed by atoms with Crippen molar-refractivity contribution in [1.82, 2.24) is 5.32 Å². The van der Waals surface area contributed by atoms with Crippen molar-refractivity contribution in [1.29, 1.82) is 5.26 Å². The molecule has 0 aromatic heterocycles. The van der Waals surface area contributed by atoms with Gasteiger partial charge in [0.05, 0.1) is 13.2 Å². The van der Waals surface area contributed by atoms with Gasteiger partial charge in [-0.2, -0.15) is 5.26 Å². The largest absolute Gasteiger partial charge is 0.496 e. The zero-order chi connectivity index (χ0) is 13.5. The summed E-state index contributed by atoms with van der Waals surface area (Å²) in [6, 6.07) is 5.77. The molecule has 0 spiro atoms. The molecule has 0 radical (unpaired) electrons. The van der Waals surface area contributed by atoms with E-state index in [4.69, 9.17) is 10.00 Å². The summed E-state index contributed by atoms with van der Waals surface area (Å²) in [4.78, 5) is 11.1. The fourth-order valence-corrected chi connectivity index (χ4v) is 1.81. The van der Waals surface area contributed by atoms with Gasteiger partial charge in [-0.05, 0) is 43.0 Å². The number of carbonyl (C=O) groups is 1. The predicted molar refractivity (Wildman–Crippen MR) is 69.4 cm³/mol. The second kappa shape index (κ2) is 6.65. The standard InChI is InChI=1S/C14H18N2O2/c1-10-11(2)13(18-3)5-4-12(10)7-9-16-14(17)6-8-15/h4-5H,6-7,9H2,1-3H3,(H,16,17). The number of ether oxygens (including phenoxy) is 1. The average Bonchev–Trinajstić information content (AvgIpc) is 2.35. The van der Waals surface area contributed by atoms with Crippen LogP contribution in [0.2, 0.25) is 0 Å². The van der Waals surface area contributed by atoms with Gasteiger partial charge >= 0.3 is 0 Å². The maximum Gasteiger partial charge on any atom is 0.234 e. The Bertz CT molecular complexity index is 475. The second-order valence-electron chi connectivity index (χ2n) is 4.11. The van der Waals surface area contributed by atoms with E-state index in [1.807, 2.05) is 32.0 Å². The van der Waals surface area contributed by atoms with Crippen LogP contribution in [0.1, 0.15) is 23.1 Å². The second-order valence-corrected chi connectivity index (χ2v) is 4.11. The molecule has 0 heterocycles. The third-order valence-corrected chi connectivity index (χ3v) is 3.03. The third-order valence-electron chi connectivity index (χ3n) is 3.03. The summed E-state index contributed by atoms with van der Waals surface area (Å²) in [5, 5.41) is 11.1. The summed E-state index contributed by atoms with van der Waals surface area (Å²) in [7, 11) is 1.66. The van der Waals surface area contributed by atoms with Gasteiger partial charge < -0.3 is 10.1 Å². The molecule has 96 valence electrons. The Morgan fingerprint density at radius 3 is 2.72 bits per heavy atom. The van der Waals surface area contributed by atoms with Crippen LogP contribution in [0.4, 0.5) is 0 Å². The molecule has 1 aromatic carbocycles. The molecule has 18 heavy (non-hydrogen) atoms. The van der Waals surface area contributed by atoms with Crippen molar-refractivity contribution in [3.63, 3.8) is 0 Å². The van der Waals surface area contributed by atoms with Crippen LogP contribution in [0.15, 0.2) is 12.1 Å². The van der Waals surface area contributed by atoms with Crippen LogP contribution in [0, 0.1) is 25.2 Å². The Morgan fingerprint density at radius 1 is 1.39 bits per heavy atom. The van der Waals surface area contributed by atoms with Crippen molar-refractivity contribution in [2.45, 2.75) is 26.7 Å². The van der Waals surface area contributed by atoms with Crippen LogP contribution in [0.25, 0.3) is 0 Å². The van der Waals surface area contributed by atoms with E-state index in [1.165, 1.54) is 11.1 Å². The van der Waals surface area contributed by atoms with Gasteiger partial charge in [-0.3, -0.25) is 4.79 Å². The molecule has 1 amide bonds. The lowest BCUT2D eigenvalue weighted by Crippen LogP contribution is -2.25. The minimum atomic E-state index is -0.222. The monoisotopic (exact) mass is 246 g/mol. The number of benzene rings is 1. The van der Waals surface area contributed by atoms with E-state index in [0.717, 1.165) is 17.7 Å². The first-order valence-electron chi connectivity index (χ1n) is 5.87. The number of rotatable bonds is 5. The van der Waals surface area contributed by atoms with Crippen molar-refractivity contribution >= 4 is 5.91 Å². The van der Waals surface area contributed by atoms with E-state index in [1.54, 1.807) is 7.11 Å². The van der Waals surface area contributed by atoms with E-state index in [9.17, 15) is 4.79 Å². The van der Waals surface area contributed by atoms with Gasteiger partial charge in [0.25, 0.3) is 0 Å². The van der Waals surface area contributed by atoms with Crippen molar-refractivity contribution in [2.75, 3.05) is 13.7 Å². The molecule has 4 heteroatoms. The molecule has 1 aromatic rings. The highest BCUT2D eigenvalue weighted by atomic mass is 16.5. The Morgan fingerprint density at radius 2 is 2.11 bits per heavy atom. The van der Waals surface area contributed by atoms with Gasteiger partial charge in [-0.15, -0.1) is 0 Å². The molecule has 0 bridgehead atoms. The Hall–Kier alpha value is -2.02. The zero-order valence-corrected chi connectivity index (χ0v) is 11.0. The molecule has 0 fully saturated rings. The number of hydrogen-bond acceptors (Lipinski definition) is 3. The highest BCUT2D eigenvalue weighted by Gasteiger charge is 2.07. The molecule has 1 rings (SSSR count). The van der Waals surface area contributed by atoms with Crippen molar-refractivity contribution in [3.05, 3.63) is 28.8 Å². The summed E-state index contributed by atoms with van der Waals surface area (Å²) < 4.78 is 5.25. The lowest BCUT2D eigenvalue weighted by molar-refractivity contribution is -0.120. The topological polar surface area (TPSA) is 62.1 Å². The molecule has 1 N–H and O–H groups in total. The highest BCUT2D eigenvalue weighted by Crippen LogP contribution is 2.23. The molecule has 0 aliphatic rings. The fourth-order valence-electron chi connectivity index (χ4n) is 1.81. The number of nitriles is 1. The lowest BCUT2D eigenvalue weighted by atomic mass is 10.00. The first-order valence-corrected chi connectivity index (χ1v) is 5.87. The predicted octanol–water partition coefficient (Wildman–Crippen LogP) is 1.88. The van der Waals surface area contributed by atoms with E-state index in [2.05, 4.69) is 5.32 Å². The quantitative estimate of drug-likeness (QED) is 0.863. The van der Waals surface area contributed by atoms with Gasteiger partial charge in [-0.25, -0.2) is 0 Å². The van der Waals surface area contributed by atoms with Gasteiger partial charge in [-0.1, -0.05) is 6.07 Å². The number of nitrogens with one attached hydrogen (secondary N) is 1. The molecule has 0 saturated carbocycles. The van der Waals surface area contributed by atoms with E-state index >= 15 is 0 Å². The Balaban J connectivity index is 2.61. The van der Waals surface area contributed by atoms with Crippen LogP contribution < -0.4 is 10.1 Å². The first-order chi connectivity index (χ1) is 8.60. The summed E-state index contributed by atoms with van der Waals surface area (Å²) in [6.07, 6.45) is 0.675. The summed E-state index contributed by atoms with van der Waals surface area (Å²) in [6.45, 7) is 4.61. The summed E-state index contributed by atoms with van der Waals surface area (Å²) >= 11 is 0. The molecule has 0 saturated heterocycles. The number of nitrogens with zero attached hydrogens (tertiary/aromatic N) is 1. The van der Waals surface area contributed by atoms with Gasteiger partial charge in [0, 0.05) is 6.54 Å². The van der Waals surface area contributed by atoms with Gasteiger partial charge in [0.2, 0.25) is 5.91 Å². The van der Waals surface area contributed by atoms with Crippen molar-refractivity contribution in [2.24, 2.45) is 0 Å². The van der Waals surface area contributed by atoms with Crippen molar-refractivity contribution in [3.8, 4) is 11.8 Å². The minimum Gasteiger partial charge on any atom is -0.496 e. The summed E-state index contributed by atoms with van der Waals surface area (Å²) in [5.74, 6) is 0.658. The van der Waals surface area contributed by atoms with E-state index < -0.39 is 0 Å². The maximum atomic E-state index is 11.1. The van der Waals surface area contributed by atoms with Crippen molar-refractivity contribution < 1.29 is 9.53 Å². The Labute approximate surface area is 108 Å². The van der Waals surface area contributed by atoms with Gasteiger partial charge in [0.15, 0.2) is 0 Å². The average molecular weight is 246 g/mol. The maximum absolute atomic E-state index is 11.1. The Kier molecular flexibility index (Phi) is 5.19. The summed E-state index contributed by atoms with van der Waals surface area (Å²) in [5.41, 5.74) is 3.49. The third kappa shape index (κ3) is 3.49. The van der Waals surface area contributed by atoms with E-state index in [0.29, 0.717) is 6.54 Å². The molecule has 0 aliphatic carbocycles. The van der Waals surface area contributed by atoms with Crippen LogP contribution >= 0.6 is 0 Å². The fraction of sp³-hybridized carbons (Fsp3) is 0.429. The van der Waals surface area contributed by atoms with Gasteiger partial charge in [0.1, 0.15) is 12.2 Å². The molecule has 0 unspecified atom stereocenters. The molecule has 0 aliphatic heterocycles. The molecular weight excluding hydrogens is 228 g/mol. The number of methoxy groups -OCH3 is 1. The molecule has 4 nitrogen and oxygen atoms in total. The number of hydrogen-bond donors (Lipinski definition) is 1. The van der Waals surface area contributed by atoms with Crippen LogP contribution in [0.5, 0.6) is 5.75 Å². The minimum absolute atomic E-state index is 0.0827. The zero-order valence-electron chi connectivity index (χ0n) is 11.0. The normalized spacial score (nSPS) is 9.67. The lowest BCUT2D eigenvalue weighted by Gasteiger charge is -2.12. The number of carbonyl (C=O) groups excluding carboxylic acids is 1. The van der Waals surface area contributed by atoms with Crippen LogP contribution in [-0.2, 0) is 11.2 Å². The van der Waals surface area contributed by atoms with Crippen LogP contribution in [0.3, 0.4) is 0 Å². The van der Waals surface area contributed by atoms with Crippen LogP contribution in [-0.4, -0.2) is 19.6 Å². The first kappa shape index (κ1) is 14.0. The van der Waals surface area contributed by atoms with E-state index in [-0.39, 0.29) is 12.3 Å². The smallest absolute Gasteiger partial charge is 0.234 e.